The van der Waals surface area contributed by atoms with E-state index in [0.717, 1.165) is 128 Å². The van der Waals surface area contributed by atoms with Crippen LogP contribution >= 0.6 is 7.82 Å². The van der Waals surface area contributed by atoms with Gasteiger partial charge in [0.15, 0.2) is 0 Å². The van der Waals surface area contributed by atoms with E-state index in [4.69, 9.17) is 13.8 Å². The van der Waals surface area contributed by atoms with Crippen molar-refractivity contribution in [2.75, 3.05) is 40.9 Å². The number of esters is 1. The Morgan fingerprint density at radius 2 is 0.867 bits per heavy atom. The van der Waals surface area contributed by atoms with Crippen molar-refractivity contribution in [1.29, 1.82) is 0 Å². The summed E-state index contributed by atoms with van der Waals surface area (Å²) >= 11 is 0. The van der Waals surface area contributed by atoms with Crippen LogP contribution < -0.4 is 10.2 Å². The number of phosphoric acid groups is 1. The molecule has 3 atom stereocenters. The fourth-order valence-electron chi connectivity index (χ4n) is 8.53. The minimum atomic E-state index is -4.70. The Labute approximate surface area is 463 Å². The molecule has 434 valence electrons. The zero-order chi connectivity index (χ0) is 55.0. The third kappa shape index (κ3) is 55.7. The van der Waals surface area contributed by atoms with Crippen molar-refractivity contribution in [3.05, 3.63) is 85.1 Å². The Morgan fingerprint density at radius 1 is 0.480 bits per heavy atom. The Hall–Kier alpha value is -2.81. The molecular weight excluding hydrogens is 952 g/mol. The molecule has 0 rings (SSSR count). The minimum Gasteiger partial charge on any atom is -0.756 e. The molecule has 10 heteroatoms. The monoisotopic (exact) mass is 1070 g/mol. The number of phosphoric ester groups is 1. The second-order valence-corrected chi connectivity index (χ2v) is 23.2. The first kappa shape index (κ1) is 72.2. The highest BCUT2D eigenvalue weighted by Crippen LogP contribution is 2.38. The van der Waals surface area contributed by atoms with E-state index in [2.05, 4.69) is 99.0 Å². The van der Waals surface area contributed by atoms with Crippen LogP contribution in [0.15, 0.2) is 85.1 Å². The Balaban J connectivity index is 5.15. The Bertz CT molecular complexity index is 1560. The van der Waals surface area contributed by atoms with E-state index in [1.165, 1.54) is 103 Å². The maximum Gasteiger partial charge on any atom is 0.306 e. The largest absolute Gasteiger partial charge is 0.756 e. The molecule has 0 aliphatic rings. The van der Waals surface area contributed by atoms with Crippen LogP contribution in [0.3, 0.4) is 0 Å². The van der Waals surface area contributed by atoms with E-state index in [0.29, 0.717) is 17.4 Å². The van der Waals surface area contributed by atoms with E-state index >= 15 is 0 Å². The number of nitrogens with one attached hydrogen (secondary N) is 1. The van der Waals surface area contributed by atoms with Gasteiger partial charge in [-0.2, -0.15) is 0 Å². The van der Waals surface area contributed by atoms with E-state index in [9.17, 15) is 19.0 Å². The predicted molar refractivity (Wildman–Crippen MR) is 321 cm³/mol. The Kier molecular flexibility index (Phi) is 52.5. The number of nitrogens with zero attached hydrogens (tertiary/aromatic N) is 1. The highest BCUT2D eigenvalue weighted by molar-refractivity contribution is 7.45. The fourth-order valence-corrected chi connectivity index (χ4v) is 9.25. The Morgan fingerprint density at radius 3 is 1.33 bits per heavy atom. The number of unbranched alkanes of at least 4 members (excludes halogenated alkanes) is 27. The van der Waals surface area contributed by atoms with Gasteiger partial charge in [-0.15, -0.1) is 0 Å². The SMILES string of the molecule is CC/C=C\C/C=C\C/C=C\C/C=C\C/C=C\CCCCCCCCCCCC(=O)NC(COP(=O)([O-])OCC[N+](C)(C)C)C(/C=C/CCCCCCCCCCCCC)OC(=O)CCCCCCC/C=C\CCCC. The molecule has 0 aliphatic heterocycles. The van der Waals surface area contributed by atoms with Gasteiger partial charge in [0.25, 0.3) is 7.82 Å². The number of rotatable bonds is 55. The minimum absolute atomic E-state index is 0.0277. The van der Waals surface area contributed by atoms with Gasteiger partial charge in [0.05, 0.1) is 33.8 Å². The number of likely N-dealkylation sites (N-methyl/N-ethyl adjacent to an activating group) is 1. The van der Waals surface area contributed by atoms with Crippen LogP contribution in [0.5, 0.6) is 0 Å². The molecule has 0 aromatic rings. The van der Waals surface area contributed by atoms with Crippen molar-refractivity contribution in [2.24, 2.45) is 0 Å². The van der Waals surface area contributed by atoms with E-state index in [-0.39, 0.29) is 24.9 Å². The van der Waals surface area contributed by atoms with Crippen LogP contribution in [0.25, 0.3) is 0 Å². The maximum absolute atomic E-state index is 13.5. The van der Waals surface area contributed by atoms with Crippen molar-refractivity contribution < 1.29 is 37.3 Å². The lowest BCUT2D eigenvalue weighted by Gasteiger charge is -2.30. The van der Waals surface area contributed by atoms with Gasteiger partial charge < -0.3 is 28.5 Å². The summed E-state index contributed by atoms with van der Waals surface area (Å²) in [5.74, 6) is -0.560. The summed E-state index contributed by atoms with van der Waals surface area (Å²) in [6.45, 7) is 6.68. The molecule has 1 N–H and O–H groups in total. The van der Waals surface area contributed by atoms with Crippen LogP contribution in [0.1, 0.15) is 265 Å². The predicted octanol–water partition coefficient (Wildman–Crippen LogP) is 18.4. The van der Waals surface area contributed by atoms with Gasteiger partial charge in [0.1, 0.15) is 19.3 Å². The zero-order valence-electron chi connectivity index (χ0n) is 49.5. The normalized spacial score (nSPS) is 14.3. The third-order valence-corrected chi connectivity index (χ3v) is 14.3. The second-order valence-electron chi connectivity index (χ2n) is 21.8. The summed E-state index contributed by atoms with van der Waals surface area (Å²) in [4.78, 5) is 39.9. The maximum atomic E-state index is 13.5. The van der Waals surface area contributed by atoms with Gasteiger partial charge >= 0.3 is 5.97 Å². The van der Waals surface area contributed by atoms with Gasteiger partial charge in [-0.3, -0.25) is 14.2 Å². The number of quaternary nitrogens is 1. The summed E-state index contributed by atoms with van der Waals surface area (Å²) in [5, 5.41) is 3.02. The molecule has 1 amide bonds. The lowest BCUT2D eigenvalue weighted by atomic mass is 10.0. The smallest absolute Gasteiger partial charge is 0.306 e. The third-order valence-electron chi connectivity index (χ3n) is 13.3. The zero-order valence-corrected chi connectivity index (χ0v) is 50.4. The number of carbonyl (C=O) groups is 2. The van der Waals surface area contributed by atoms with Crippen molar-refractivity contribution in [3.63, 3.8) is 0 Å². The first-order valence-corrected chi connectivity index (χ1v) is 32.4. The average Bonchev–Trinajstić information content (AvgIpc) is 3.37. The second kappa shape index (κ2) is 54.5. The molecule has 0 aromatic carbocycles. The molecule has 0 heterocycles. The molecule has 0 bridgehead atoms. The first-order chi connectivity index (χ1) is 36.4. The van der Waals surface area contributed by atoms with Crippen LogP contribution in [0.2, 0.25) is 0 Å². The number of ether oxygens (including phenoxy) is 1. The highest BCUT2D eigenvalue weighted by atomic mass is 31.2. The quantitative estimate of drug-likeness (QED) is 0.0212. The fraction of sp³-hybridized carbons (Fsp3) is 0.754. The molecule has 0 fully saturated rings. The highest BCUT2D eigenvalue weighted by Gasteiger charge is 2.27. The van der Waals surface area contributed by atoms with Crippen molar-refractivity contribution in [1.82, 2.24) is 5.32 Å². The topological polar surface area (TPSA) is 114 Å². The summed E-state index contributed by atoms with van der Waals surface area (Å²) < 4.78 is 30.3. The summed E-state index contributed by atoms with van der Waals surface area (Å²) in [6.07, 6.45) is 71.2. The number of carbonyl (C=O) groups excluding carboxylic acids is 2. The van der Waals surface area contributed by atoms with Gasteiger partial charge in [0, 0.05) is 12.8 Å². The molecule has 0 radical (unpaired) electrons. The van der Waals surface area contributed by atoms with E-state index < -0.39 is 26.6 Å². The molecule has 3 unspecified atom stereocenters. The average molecular weight is 1070 g/mol. The van der Waals surface area contributed by atoms with E-state index in [1.54, 1.807) is 0 Å². The first-order valence-electron chi connectivity index (χ1n) is 30.9. The summed E-state index contributed by atoms with van der Waals surface area (Å²) in [6, 6.07) is -0.898. The van der Waals surface area contributed by atoms with Crippen LogP contribution in [0.4, 0.5) is 0 Å². The van der Waals surface area contributed by atoms with Gasteiger partial charge in [-0.1, -0.05) is 241 Å². The number of allylic oxidation sites excluding steroid dienone is 13. The van der Waals surface area contributed by atoms with Gasteiger partial charge in [0.2, 0.25) is 5.91 Å². The van der Waals surface area contributed by atoms with E-state index in [1.807, 2.05) is 33.3 Å². The van der Waals surface area contributed by atoms with Crippen LogP contribution in [-0.2, 0) is 27.9 Å². The van der Waals surface area contributed by atoms with Crippen molar-refractivity contribution in [2.45, 2.75) is 277 Å². The van der Waals surface area contributed by atoms with Gasteiger partial charge in [-0.25, -0.2) is 0 Å². The van der Waals surface area contributed by atoms with Crippen molar-refractivity contribution in [3.8, 4) is 0 Å². The number of hydrogen-bond donors (Lipinski definition) is 1. The lowest BCUT2D eigenvalue weighted by molar-refractivity contribution is -0.870. The molecule has 0 saturated carbocycles. The lowest BCUT2D eigenvalue weighted by Crippen LogP contribution is -2.47. The summed E-state index contributed by atoms with van der Waals surface area (Å²) in [5.41, 5.74) is 0. The standard InChI is InChI=1S/C65H117N2O7P/c1-7-10-13-16-19-22-25-27-28-29-30-31-32-33-34-35-36-37-38-40-43-45-48-51-54-57-64(68)66-62(61-73-75(70,71)72-60-59-67(4,5)6)63(56-53-50-47-44-42-39-26-23-20-17-14-11-8-2)74-65(69)58-55-52-49-46-41-24-21-18-15-12-9-3/h10,13,18-19,21-22,27-28,30-31,33-34,53,56,62-63H,7-9,11-12,14-17,20,23-26,29,32,35-52,54-55,57-61H2,1-6H3,(H-,66,68,70,71)/b13-10-,21-18-,22-19-,28-27-,31-30-,34-33-,56-53+. The molecule has 75 heavy (non-hydrogen) atoms. The molecular formula is C65H117N2O7P. The molecule has 9 nitrogen and oxygen atoms in total. The number of hydrogen-bond acceptors (Lipinski definition) is 7. The molecule has 0 aromatic heterocycles. The van der Waals surface area contributed by atoms with Crippen LogP contribution in [0, 0.1) is 0 Å². The van der Waals surface area contributed by atoms with Gasteiger partial charge in [-0.05, 0) is 96.0 Å². The van der Waals surface area contributed by atoms with Crippen LogP contribution in [-0.4, -0.2) is 69.4 Å². The van der Waals surface area contributed by atoms with Crippen molar-refractivity contribution >= 4 is 19.7 Å². The molecule has 0 saturated heterocycles. The molecule has 0 aliphatic carbocycles. The number of amides is 1. The molecule has 0 spiro atoms. The summed E-state index contributed by atoms with van der Waals surface area (Å²) in [7, 11) is 1.17.